The molecular formula is C4H5Br2N. The molecule has 0 radical (unpaired) electrons. The van der Waals surface area contributed by atoms with Crippen molar-refractivity contribution in [3.05, 3.63) is 0 Å². The number of nitriles is 1. The number of hydrogen-bond acceptors (Lipinski definition) is 1. The van der Waals surface area contributed by atoms with E-state index < -0.39 is 0 Å². The van der Waals surface area contributed by atoms with Crippen LogP contribution >= 0.6 is 31.9 Å². The third-order valence-electron chi connectivity index (χ3n) is 0.555. The van der Waals surface area contributed by atoms with Crippen LogP contribution in [0.25, 0.3) is 0 Å². The summed E-state index contributed by atoms with van der Waals surface area (Å²) in [5.74, 6) is 0.125. The SMILES string of the molecule is N#CC(CBr)CBr. The Morgan fingerprint density at radius 1 is 1.43 bits per heavy atom. The molecule has 0 aliphatic heterocycles. The van der Waals surface area contributed by atoms with Gasteiger partial charge in [0.2, 0.25) is 0 Å². The van der Waals surface area contributed by atoms with Crippen molar-refractivity contribution in [3.8, 4) is 6.07 Å². The average Bonchev–Trinajstić information content (AvgIpc) is 1.72. The molecule has 0 atom stereocenters. The van der Waals surface area contributed by atoms with E-state index in [1.807, 2.05) is 0 Å². The standard InChI is InChI=1S/C4H5Br2N/c5-1-4(2-6)3-7/h4H,1-2H2. The van der Waals surface area contributed by atoms with Crippen LogP contribution in [0.2, 0.25) is 0 Å². The Kier molecular flexibility index (Phi) is 4.90. The van der Waals surface area contributed by atoms with E-state index in [1.165, 1.54) is 0 Å². The van der Waals surface area contributed by atoms with Crippen molar-refractivity contribution in [2.45, 2.75) is 0 Å². The number of hydrogen-bond donors (Lipinski definition) is 0. The zero-order valence-corrected chi connectivity index (χ0v) is 6.87. The summed E-state index contributed by atoms with van der Waals surface area (Å²) in [4.78, 5) is 0. The van der Waals surface area contributed by atoms with Crippen molar-refractivity contribution in [1.29, 1.82) is 5.26 Å². The lowest BCUT2D eigenvalue weighted by Gasteiger charge is -1.92. The summed E-state index contributed by atoms with van der Waals surface area (Å²) in [5, 5.41) is 9.73. The van der Waals surface area contributed by atoms with Crippen LogP contribution in [0.3, 0.4) is 0 Å². The second-order valence-corrected chi connectivity index (χ2v) is 2.43. The van der Waals surface area contributed by atoms with Crippen molar-refractivity contribution in [3.63, 3.8) is 0 Å². The van der Waals surface area contributed by atoms with E-state index in [1.54, 1.807) is 0 Å². The van der Waals surface area contributed by atoms with Gasteiger partial charge in [0.25, 0.3) is 0 Å². The molecule has 0 N–H and O–H groups in total. The van der Waals surface area contributed by atoms with Crippen LogP contribution in [0.15, 0.2) is 0 Å². The van der Waals surface area contributed by atoms with Gasteiger partial charge < -0.3 is 0 Å². The van der Waals surface area contributed by atoms with Gasteiger partial charge in [0.15, 0.2) is 0 Å². The fourth-order valence-electron chi connectivity index (χ4n) is 0.110. The van der Waals surface area contributed by atoms with E-state index >= 15 is 0 Å². The smallest absolute Gasteiger partial charge is 0.0673 e. The third-order valence-corrected chi connectivity index (χ3v) is 2.12. The molecule has 0 rings (SSSR count). The molecule has 0 saturated carbocycles. The van der Waals surface area contributed by atoms with Gasteiger partial charge in [0, 0.05) is 10.7 Å². The molecular weight excluding hydrogens is 222 g/mol. The van der Waals surface area contributed by atoms with Crippen LogP contribution in [0.1, 0.15) is 0 Å². The highest BCUT2D eigenvalue weighted by Gasteiger charge is 1.99. The Balaban J connectivity index is 3.23. The quantitative estimate of drug-likeness (QED) is 0.661. The lowest BCUT2D eigenvalue weighted by Crippen LogP contribution is -1.97. The molecule has 0 aromatic rings. The van der Waals surface area contributed by atoms with Gasteiger partial charge in [-0.3, -0.25) is 0 Å². The Hall–Kier alpha value is 0.450. The molecule has 0 bridgehead atoms. The largest absolute Gasteiger partial charge is 0.198 e. The van der Waals surface area contributed by atoms with E-state index in [0.717, 1.165) is 10.7 Å². The zero-order valence-electron chi connectivity index (χ0n) is 3.69. The molecule has 0 amide bonds. The maximum atomic E-state index is 8.22. The van der Waals surface area contributed by atoms with Gasteiger partial charge in [-0.1, -0.05) is 31.9 Å². The fraction of sp³-hybridized carbons (Fsp3) is 0.750. The first kappa shape index (κ1) is 7.45. The van der Waals surface area contributed by atoms with E-state index in [-0.39, 0.29) is 5.92 Å². The first-order chi connectivity index (χ1) is 3.35. The lowest BCUT2D eigenvalue weighted by molar-refractivity contribution is 0.895. The minimum Gasteiger partial charge on any atom is -0.198 e. The second kappa shape index (κ2) is 4.61. The topological polar surface area (TPSA) is 23.8 Å². The Labute approximate surface area is 60.0 Å². The Morgan fingerprint density at radius 3 is 1.86 bits per heavy atom. The minimum absolute atomic E-state index is 0.125. The zero-order chi connectivity index (χ0) is 5.70. The van der Waals surface area contributed by atoms with Gasteiger partial charge in [-0.2, -0.15) is 5.26 Å². The number of alkyl halides is 2. The van der Waals surface area contributed by atoms with Crippen molar-refractivity contribution in [2.24, 2.45) is 5.92 Å². The monoisotopic (exact) mass is 225 g/mol. The van der Waals surface area contributed by atoms with Gasteiger partial charge in [-0.25, -0.2) is 0 Å². The van der Waals surface area contributed by atoms with Crippen LogP contribution < -0.4 is 0 Å². The van der Waals surface area contributed by atoms with Crippen molar-refractivity contribution in [2.75, 3.05) is 10.7 Å². The Morgan fingerprint density at radius 2 is 1.86 bits per heavy atom. The molecule has 0 saturated heterocycles. The highest BCUT2D eigenvalue weighted by molar-refractivity contribution is 9.09. The molecule has 0 heterocycles. The van der Waals surface area contributed by atoms with E-state index in [4.69, 9.17) is 5.26 Å². The highest BCUT2D eigenvalue weighted by atomic mass is 79.9. The third kappa shape index (κ3) is 3.07. The van der Waals surface area contributed by atoms with Crippen LogP contribution in [-0.2, 0) is 0 Å². The Bertz CT molecular complexity index is 72.2. The molecule has 40 valence electrons. The molecule has 3 heteroatoms. The van der Waals surface area contributed by atoms with Crippen molar-refractivity contribution in [1.82, 2.24) is 0 Å². The molecule has 0 unspecified atom stereocenters. The summed E-state index contributed by atoms with van der Waals surface area (Å²) < 4.78 is 0. The maximum Gasteiger partial charge on any atom is 0.0673 e. The summed E-state index contributed by atoms with van der Waals surface area (Å²) >= 11 is 6.37. The summed E-state index contributed by atoms with van der Waals surface area (Å²) in [6, 6.07) is 2.11. The molecule has 0 fully saturated rings. The molecule has 0 aromatic carbocycles. The summed E-state index contributed by atoms with van der Waals surface area (Å²) in [6.07, 6.45) is 0. The van der Waals surface area contributed by atoms with E-state index in [2.05, 4.69) is 37.9 Å². The highest BCUT2D eigenvalue weighted by Crippen LogP contribution is 2.02. The second-order valence-electron chi connectivity index (χ2n) is 1.13. The van der Waals surface area contributed by atoms with Gasteiger partial charge in [-0.15, -0.1) is 0 Å². The van der Waals surface area contributed by atoms with Gasteiger partial charge in [0.1, 0.15) is 0 Å². The van der Waals surface area contributed by atoms with Crippen LogP contribution in [0.5, 0.6) is 0 Å². The number of rotatable bonds is 2. The van der Waals surface area contributed by atoms with Crippen molar-refractivity contribution >= 4 is 31.9 Å². The van der Waals surface area contributed by atoms with E-state index in [0.29, 0.717) is 0 Å². The summed E-state index contributed by atoms with van der Waals surface area (Å²) in [7, 11) is 0. The molecule has 0 spiro atoms. The van der Waals surface area contributed by atoms with Gasteiger partial charge >= 0.3 is 0 Å². The molecule has 7 heavy (non-hydrogen) atoms. The van der Waals surface area contributed by atoms with Crippen molar-refractivity contribution < 1.29 is 0 Å². The molecule has 1 nitrogen and oxygen atoms in total. The summed E-state index contributed by atoms with van der Waals surface area (Å²) in [6.45, 7) is 0. The predicted molar refractivity (Wildman–Crippen MR) is 36.7 cm³/mol. The maximum absolute atomic E-state index is 8.22. The van der Waals surface area contributed by atoms with E-state index in [9.17, 15) is 0 Å². The normalized spacial score (nSPS) is 8.86. The summed E-state index contributed by atoms with van der Waals surface area (Å²) in [5.41, 5.74) is 0. The molecule has 0 aliphatic rings. The van der Waals surface area contributed by atoms with Gasteiger partial charge in [-0.05, 0) is 0 Å². The average molecular weight is 227 g/mol. The van der Waals surface area contributed by atoms with Crippen LogP contribution in [0, 0.1) is 17.2 Å². The number of halogens is 2. The van der Waals surface area contributed by atoms with Crippen LogP contribution in [-0.4, -0.2) is 10.7 Å². The molecule has 0 aliphatic carbocycles. The first-order valence-corrected chi connectivity index (χ1v) is 4.11. The number of nitrogens with zero attached hydrogens (tertiary/aromatic N) is 1. The fourth-order valence-corrected chi connectivity index (χ4v) is 1.47. The predicted octanol–water partition coefficient (Wildman–Crippen LogP) is 1.92. The lowest BCUT2D eigenvalue weighted by atomic mass is 10.3. The van der Waals surface area contributed by atoms with Crippen LogP contribution in [0.4, 0.5) is 0 Å². The van der Waals surface area contributed by atoms with Gasteiger partial charge in [0.05, 0.1) is 12.0 Å². The first-order valence-electron chi connectivity index (χ1n) is 1.86. The minimum atomic E-state index is 0.125. The molecule has 0 aromatic heterocycles.